The highest BCUT2D eigenvalue weighted by Crippen LogP contribution is 2.37. The van der Waals surface area contributed by atoms with Crippen LogP contribution in [0.4, 0.5) is 19.4 Å². The van der Waals surface area contributed by atoms with Gasteiger partial charge in [-0.25, -0.2) is 13.6 Å². The third-order valence-corrected chi connectivity index (χ3v) is 5.86. The van der Waals surface area contributed by atoms with Crippen molar-refractivity contribution < 1.29 is 23.0 Å². The van der Waals surface area contributed by atoms with Gasteiger partial charge >= 0.3 is 12.1 Å². The van der Waals surface area contributed by atoms with Crippen molar-refractivity contribution in [2.45, 2.75) is 64.6 Å². The number of piperazine rings is 1. The number of methoxy groups -OCH3 is 1. The number of aromatic nitrogens is 2. The fourth-order valence-corrected chi connectivity index (χ4v) is 4.54. The Labute approximate surface area is 180 Å². The number of hydrogen-bond acceptors (Lipinski definition) is 6. The summed E-state index contributed by atoms with van der Waals surface area (Å²) in [5.41, 5.74) is -0.535. The number of hydrogen-bond donors (Lipinski definition) is 0. The number of amides is 1. The van der Waals surface area contributed by atoms with Gasteiger partial charge in [-0.1, -0.05) is 6.92 Å². The van der Waals surface area contributed by atoms with E-state index < -0.39 is 17.2 Å². The molecule has 2 fully saturated rings. The van der Waals surface area contributed by atoms with Crippen LogP contribution < -0.4 is 9.64 Å². The molecule has 2 aliphatic rings. The van der Waals surface area contributed by atoms with E-state index in [0.717, 1.165) is 12.8 Å². The van der Waals surface area contributed by atoms with Gasteiger partial charge in [0.15, 0.2) is 5.82 Å². The van der Waals surface area contributed by atoms with Gasteiger partial charge in [-0.15, -0.1) is 0 Å². The Bertz CT molecular complexity index is 1010. The molecule has 2 bridgehead atoms. The van der Waals surface area contributed by atoms with E-state index in [1.807, 2.05) is 25.7 Å². The van der Waals surface area contributed by atoms with Crippen molar-refractivity contribution in [3.63, 3.8) is 0 Å². The molecule has 0 spiro atoms. The molecule has 0 aliphatic carbocycles. The van der Waals surface area contributed by atoms with Crippen LogP contribution in [0.1, 0.15) is 46.1 Å². The third-order valence-electron chi connectivity index (χ3n) is 5.86. The number of benzene rings is 1. The fourth-order valence-electron chi connectivity index (χ4n) is 4.54. The first-order valence-corrected chi connectivity index (χ1v) is 10.6. The minimum Gasteiger partial charge on any atom is -0.467 e. The third kappa shape index (κ3) is 3.85. The van der Waals surface area contributed by atoms with Crippen molar-refractivity contribution in [2.24, 2.45) is 0 Å². The molecule has 2 saturated heterocycles. The summed E-state index contributed by atoms with van der Waals surface area (Å²) >= 11 is 0. The van der Waals surface area contributed by atoms with Crippen molar-refractivity contribution in [2.75, 3.05) is 25.1 Å². The van der Waals surface area contributed by atoms with Gasteiger partial charge in [0.2, 0.25) is 0 Å². The molecular formula is C22H28F2N4O3. The summed E-state index contributed by atoms with van der Waals surface area (Å²) in [4.78, 5) is 25.1. The van der Waals surface area contributed by atoms with Crippen LogP contribution in [0.5, 0.6) is 6.01 Å². The van der Waals surface area contributed by atoms with Gasteiger partial charge in [-0.05, 0) is 46.1 Å². The smallest absolute Gasteiger partial charge is 0.410 e. The summed E-state index contributed by atoms with van der Waals surface area (Å²) in [5, 5.41) is 0.304. The predicted molar refractivity (Wildman–Crippen MR) is 112 cm³/mol. The first-order chi connectivity index (χ1) is 14.6. The molecule has 2 aliphatic heterocycles. The van der Waals surface area contributed by atoms with Crippen molar-refractivity contribution in [3.05, 3.63) is 23.3 Å². The van der Waals surface area contributed by atoms with Crippen LogP contribution in [-0.4, -0.2) is 58.8 Å². The van der Waals surface area contributed by atoms with Gasteiger partial charge < -0.3 is 14.4 Å². The average molecular weight is 434 g/mol. The largest absolute Gasteiger partial charge is 0.467 e. The zero-order chi connectivity index (χ0) is 22.5. The maximum Gasteiger partial charge on any atom is 0.410 e. The van der Waals surface area contributed by atoms with Crippen LogP contribution in [0.2, 0.25) is 0 Å². The number of fused-ring (bicyclic) bond motifs is 3. The summed E-state index contributed by atoms with van der Waals surface area (Å²) < 4.78 is 40.4. The second-order valence-corrected chi connectivity index (χ2v) is 9.11. The molecule has 0 N–H and O–H groups in total. The number of carbonyl (C=O) groups excluding carboxylic acids is 1. The summed E-state index contributed by atoms with van der Waals surface area (Å²) in [6.45, 7) is 8.20. The molecule has 3 heterocycles. The Morgan fingerprint density at radius 3 is 2.39 bits per heavy atom. The highest BCUT2D eigenvalue weighted by atomic mass is 19.1. The molecule has 4 rings (SSSR count). The first-order valence-electron chi connectivity index (χ1n) is 10.6. The Morgan fingerprint density at radius 1 is 1.19 bits per heavy atom. The summed E-state index contributed by atoms with van der Waals surface area (Å²) in [5.74, 6) is -0.879. The van der Waals surface area contributed by atoms with E-state index in [2.05, 4.69) is 9.97 Å². The van der Waals surface area contributed by atoms with Gasteiger partial charge in [-0.2, -0.15) is 9.97 Å². The molecule has 0 radical (unpaired) electrons. The predicted octanol–water partition coefficient (Wildman–Crippen LogP) is 4.07. The van der Waals surface area contributed by atoms with Crippen molar-refractivity contribution in [1.82, 2.24) is 14.9 Å². The molecule has 0 saturated carbocycles. The molecule has 31 heavy (non-hydrogen) atoms. The zero-order valence-electron chi connectivity index (χ0n) is 18.5. The van der Waals surface area contributed by atoms with Crippen molar-refractivity contribution in [3.8, 4) is 6.01 Å². The van der Waals surface area contributed by atoms with Gasteiger partial charge in [0.25, 0.3) is 0 Å². The van der Waals surface area contributed by atoms with Gasteiger partial charge in [0.1, 0.15) is 22.8 Å². The van der Waals surface area contributed by atoms with Crippen LogP contribution in [-0.2, 0) is 11.2 Å². The maximum atomic E-state index is 15.0. The molecule has 2 aromatic rings. The Morgan fingerprint density at radius 2 is 1.84 bits per heavy atom. The minimum atomic E-state index is -0.685. The van der Waals surface area contributed by atoms with E-state index in [1.165, 1.54) is 13.2 Å². The van der Waals surface area contributed by atoms with Crippen molar-refractivity contribution >= 4 is 22.8 Å². The lowest BCUT2D eigenvalue weighted by Gasteiger charge is -2.42. The topological polar surface area (TPSA) is 67.8 Å². The summed E-state index contributed by atoms with van der Waals surface area (Å²) in [7, 11) is 1.41. The Kier molecular flexibility index (Phi) is 5.39. The first kappa shape index (κ1) is 21.5. The number of ether oxygens (including phenoxy) is 2. The molecule has 168 valence electrons. The fraction of sp³-hybridized carbons (Fsp3) is 0.591. The average Bonchev–Trinajstić information content (AvgIpc) is 2.96. The summed E-state index contributed by atoms with van der Waals surface area (Å²) in [6.07, 6.45) is 1.56. The van der Waals surface area contributed by atoms with Crippen molar-refractivity contribution in [1.29, 1.82) is 0 Å². The highest BCUT2D eigenvalue weighted by molar-refractivity contribution is 5.91. The summed E-state index contributed by atoms with van der Waals surface area (Å²) in [6, 6.07) is 1.20. The lowest BCUT2D eigenvalue weighted by atomic mass is 10.1. The van der Waals surface area contributed by atoms with Gasteiger partial charge in [0.05, 0.1) is 19.2 Å². The van der Waals surface area contributed by atoms with E-state index in [9.17, 15) is 9.18 Å². The standard InChI is InChI=1S/C22H28F2N4O3/c1-6-14-16(23)9-15-18(17(14)24)25-20(30-5)26-19(15)27-10-12-7-8-13(11-27)28(12)21(29)31-22(2,3)4/h9,12-13H,6-8,10-11H2,1-5H3. The van der Waals surface area contributed by atoms with Crippen LogP contribution in [0.15, 0.2) is 6.07 Å². The molecule has 7 nitrogen and oxygen atoms in total. The lowest BCUT2D eigenvalue weighted by molar-refractivity contribution is 0.0123. The molecular weight excluding hydrogens is 406 g/mol. The normalized spacial score (nSPS) is 21.0. The zero-order valence-corrected chi connectivity index (χ0v) is 18.5. The molecule has 1 aromatic carbocycles. The number of halogens is 2. The SMILES string of the molecule is CCc1c(F)cc2c(N3CC4CCC(C3)N4C(=O)OC(C)(C)C)nc(OC)nc2c1F. The minimum absolute atomic E-state index is 0.00554. The second kappa shape index (κ2) is 7.76. The number of nitrogens with zero attached hydrogens (tertiary/aromatic N) is 4. The lowest BCUT2D eigenvalue weighted by Crippen LogP contribution is -2.57. The van der Waals surface area contributed by atoms with E-state index >= 15 is 4.39 Å². The van der Waals surface area contributed by atoms with Crippen LogP contribution in [0.3, 0.4) is 0 Å². The molecule has 2 unspecified atom stereocenters. The second-order valence-electron chi connectivity index (χ2n) is 9.11. The van der Waals surface area contributed by atoms with E-state index in [0.29, 0.717) is 24.3 Å². The monoisotopic (exact) mass is 434 g/mol. The van der Waals surface area contributed by atoms with Crippen LogP contribution in [0, 0.1) is 11.6 Å². The van der Waals surface area contributed by atoms with E-state index in [4.69, 9.17) is 9.47 Å². The van der Waals surface area contributed by atoms with Crippen LogP contribution >= 0.6 is 0 Å². The molecule has 1 aromatic heterocycles. The Hall–Kier alpha value is -2.71. The molecule has 9 heteroatoms. The maximum absolute atomic E-state index is 15.0. The highest BCUT2D eigenvalue weighted by Gasteiger charge is 2.45. The van der Waals surface area contributed by atoms with E-state index in [-0.39, 0.29) is 41.7 Å². The van der Waals surface area contributed by atoms with Gasteiger partial charge in [0, 0.05) is 24.0 Å². The quantitative estimate of drug-likeness (QED) is 0.726. The van der Waals surface area contributed by atoms with Crippen LogP contribution in [0.25, 0.3) is 10.9 Å². The molecule has 1 amide bonds. The number of rotatable bonds is 3. The van der Waals surface area contributed by atoms with E-state index in [1.54, 1.807) is 11.8 Å². The molecule has 2 atom stereocenters. The Balaban J connectivity index is 1.71. The van der Waals surface area contributed by atoms with Gasteiger partial charge in [-0.3, -0.25) is 4.90 Å². The number of anilines is 1. The number of carbonyl (C=O) groups is 1.